The van der Waals surface area contributed by atoms with Gasteiger partial charge in [0.05, 0.1) is 0 Å². The van der Waals surface area contributed by atoms with Gasteiger partial charge in [0.1, 0.15) is 0 Å². The Hall–Kier alpha value is -0.730. The molecule has 2 nitrogen and oxygen atoms in total. The number of benzene rings is 1. The lowest BCUT2D eigenvalue weighted by molar-refractivity contribution is 0.378. The summed E-state index contributed by atoms with van der Waals surface area (Å²) >= 11 is 6.14. The molecule has 0 bridgehead atoms. The van der Waals surface area contributed by atoms with E-state index in [2.05, 4.69) is 36.0 Å². The maximum Gasteiger partial charge on any atom is 0.0410 e. The monoisotopic (exact) mass is 236 g/mol. The molecular formula is C13H17ClN2. The van der Waals surface area contributed by atoms with Crippen LogP contribution in [-0.4, -0.2) is 38.6 Å². The number of likely N-dealkylation sites (N-methyl/N-ethyl adjacent to an activating group) is 2. The molecule has 1 aromatic rings. The van der Waals surface area contributed by atoms with E-state index in [0.717, 1.165) is 18.1 Å². The molecule has 1 saturated heterocycles. The van der Waals surface area contributed by atoms with Crippen molar-refractivity contribution in [3.05, 3.63) is 28.8 Å². The lowest BCUT2D eigenvalue weighted by Crippen LogP contribution is -2.34. The van der Waals surface area contributed by atoms with E-state index >= 15 is 0 Å². The lowest BCUT2D eigenvalue weighted by atomic mass is 9.82. The number of nitrogens with zero attached hydrogens (tertiary/aromatic N) is 2. The maximum absolute atomic E-state index is 6.14. The summed E-state index contributed by atoms with van der Waals surface area (Å²) in [5, 5.41) is 0.864. The zero-order chi connectivity index (χ0) is 11.3. The van der Waals surface area contributed by atoms with E-state index in [1.807, 2.05) is 6.07 Å². The van der Waals surface area contributed by atoms with Crippen molar-refractivity contribution in [2.45, 2.75) is 11.8 Å². The summed E-state index contributed by atoms with van der Waals surface area (Å²) in [4.78, 5) is 4.79. The molecule has 1 atom stereocenters. The summed E-state index contributed by atoms with van der Waals surface area (Å²) in [6.07, 6.45) is 1.25. The molecule has 2 aliphatic rings. The van der Waals surface area contributed by atoms with Crippen molar-refractivity contribution < 1.29 is 0 Å². The summed E-state index contributed by atoms with van der Waals surface area (Å²) in [6, 6.07) is 6.32. The Bertz CT molecular complexity index is 432. The van der Waals surface area contributed by atoms with Gasteiger partial charge in [-0.3, -0.25) is 0 Å². The molecule has 0 radical (unpaired) electrons. The molecule has 3 rings (SSSR count). The van der Waals surface area contributed by atoms with Crippen LogP contribution in [0.3, 0.4) is 0 Å². The summed E-state index contributed by atoms with van der Waals surface area (Å²) in [5.74, 6) is 0. The first-order valence-electron chi connectivity index (χ1n) is 5.80. The van der Waals surface area contributed by atoms with Crippen LogP contribution < -0.4 is 4.90 Å². The van der Waals surface area contributed by atoms with Crippen LogP contribution in [0.2, 0.25) is 5.02 Å². The molecule has 1 spiro atoms. The predicted octanol–water partition coefficient (Wildman–Crippen LogP) is 2.36. The molecule has 0 amide bonds. The Balaban J connectivity index is 2.10. The second-order valence-electron chi connectivity index (χ2n) is 5.29. The third kappa shape index (κ3) is 1.36. The predicted molar refractivity (Wildman–Crippen MR) is 68.5 cm³/mol. The van der Waals surface area contributed by atoms with Crippen LogP contribution in [0.4, 0.5) is 5.69 Å². The van der Waals surface area contributed by atoms with Crippen LogP contribution in [0.15, 0.2) is 18.2 Å². The molecule has 1 aromatic carbocycles. The first-order chi connectivity index (χ1) is 7.61. The van der Waals surface area contributed by atoms with Gasteiger partial charge in [-0.1, -0.05) is 11.6 Å². The van der Waals surface area contributed by atoms with Crippen LogP contribution in [0.1, 0.15) is 12.0 Å². The molecule has 86 valence electrons. The van der Waals surface area contributed by atoms with Gasteiger partial charge in [0, 0.05) is 36.3 Å². The molecule has 0 N–H and O–H groups in total. The first-order valence-corrected chi connectivity index (χ1v) is 6.18. The lowest BCUT2D eigenvalue weighted by Gasteiger charge is -2.24. The van der Waals surface area contributed by atoms with Crippen LogP contribution in [0.25, 0.3) is 0 Å². The molecule has 3 heteroatoms. The van der Waals surface area contributed by atoms with Crippen molar-refractivity contribution in [3.63, 3.8) is 0 Å². The highest BCUT2D eigenvalue weighted by molar-refractivity contribution is 6.30. The average molecular weight is 237 g/mol. The minimum Gasteiger partial charge on any atom is -0.373 e. The van der Waals surface area contributed by atoms with Crippen molar-refractivity contribution >= 4 is 17.3 Å². The molecule has 0 unspecified atom stereocenters. The van der Waals surface area contributed by atoms with E-state index in [4.69, 9.17) is 11.6 Å². The van der Waals surface area contributed by atoms with Crippen molar-refractivity contribution in [1.29, 1.82) is 0 Å². The highest BCUT2D eigenvalue weighted by atomic mass is 35.5. The van der Waals surface area contributed by atoms with Gasteiger partial charge in [-0.2, -0.15) is 0 Å². The van der Waals surface area contributed by atoms with E-state index in [0.29, 0.717) is 5.41 Å². The molecule has 0 aromatic heterocycles. The van der Waals surface area contributed by atoms with Gasteiger partial charge in [0.2, 0.25) is 0 Å². The molecule has 16 heavy (non-hydrogen) atoms. The highest BCUT2D eigenvalue weighted by Crippen LogP contribution is 2.46. The Morgan fingerprint density at radius 2 is 2.06 bits per heavy atom. The Morgan fingerprint density at radius 1 is 1.25 bits per heavy atom. The summed E-state index contributed by atoms with van der Waals surface area (Å²) in [6.45, 7) is 3.48. The minimum absolute atomic E-state index is 0.323. The summed E-state index contributed by atoms with van der Waals surface area (Å²) in [5.41, 5.74) is 3.13. The van der Waals surface area contributed by atoms with Crippen molar-refractivity contribution in [3.8, 4) is 0 Å². The Labute approximate surface area is 102 Å². The number of hydrogen-bond donors (Lipinski definition) is 0. The van der Waals surface area contributed by atoms with Gasteiger partial charge in [0.15, 0.2) is 0 Å². The van der Waals surface area contributed by atoms with Crippen LogP contribution in [-0.2, 0) is 5.41 Å². The quantitative estimate of drug-likeness (QED) is 0.683. The Kier molecular flexibility index (Phi) is 2.20. The average Bonchev–Trinajstić information content (AvgIpc) is 2.71. The smallest absolute Gasteiger partial charge is 0.0410 e. The highest BCUT2D eigenvalue weighted by Gasteiger charge is 2.45. The van der Waals surface area contributed by atoms with Crippen LogP contribution in [0.5, 0.6) is 0 Å². The van der Waals surface area contributed by atoms with Crippen molar-refractivity contribution in [1.82, 2.24) is 4.90 Å². The van der Waals surface area contributed by atoms with Gasteiger partial charge in [-0.25, -0.2) is 0 Å². The molecule has 0 saturated carbocycles. The fraction of sp³-hybridized carbons (Fsp3) is 0.538. The van der Waals surface area contributed by atoms with E-state index < -0.39 is 0 Å². The number of halogens is 1. The molecule has 0 aliphatic carbocycles. The van der Waals surface area contributed by atoms with Gasteiger partial charge in [0.25, 0.3) is 0 Å². The number of rotatable bonds is 0. The van der Waals surface area contributed by atoms with Gasteiger partial charge in [-0.15, -0.1) is 0 Å². The fourth-order valence-electron chi connectivity index (χ4n) is 3.32. The van der Waals surface area contributed by atoms with Crippen LogP contribution >= 0.6 is 11.6 Å². The SMILES string of the molecule is CN1CC[C@]2(C1)CN(C)c1ccc(Cl)cc12. The third-order valence-electron chi connectivity index (χ3n) is 4.03. The van der Waals surface area contributed by atoms with Gasteiger partial charge >= 0.3 is 0 Å². The second-order valence-corrected chi connectivity index (χ2v) is 5.72. The minimum atomic E-state index is 0.323. The molecule has 2 aliphatic heterocycles. The van der Waals surface area contributed by atoms with Gasteiger partial charge in [-0.05, 0) is 43.8 Å². The second kappa shape index (κ2) is 3.38. The normalized spacial score (nSPS) is 29.1. The van der Waals surface area contributed by atoms with Gasteiger partial charge < -0.3 is 9.80 Å². The first kappa shape index (κ1) is 10.4. The summed E-state index contributed by atoms with van der Waals surface area (Å²) < 4.78 is 0. The van der Waals surface area contributed by atoms with E-state index in [1.165, 1.54) is 24.2 Å². The maximum atomic E-state index is 6.14. The zero-order valence-corrected chi connectivity index (χ0v) is 10.6. The van der Waals surface area contributed by atoms with Crippen molar-refractivity contribution in [2.75, 3.05) is 38.6 Å². The van der Waals surface area contributed by atoms with Crippen LogP contribution in [0, 0.1) is 0 Å². The topological polar surface area (TPSA) is 6.48 Å². The molecule has 1 fully saturated rings. The number of anilines is 1. The van der Waals surface area contributed by atoms with E-state index in [9.17, 15) is 0 Å². The number of likely N-dealkylation sites (tertiary alicyclic amines) is 1. The Morgan fingerprint density at radius 3 is 2.75 bits per heavy atom. The van der Waals surface area contributed by atoms with Crippen molar-refractivity contribution in [2.24, 2.45) is 0 Å². The third-order valence-corrected chi connectivity index (χ3v) is 4.26. The summed E-state index contributed by atoms with van der Waals surface area (Å²) in [7, 11) is 4.39. The largest absolute Gasteiger partial charge is 0.373 e. The standard InChI is InChI=1S/C13H17ClN2/c1-15-6-5-13(8-15)9-16(2)12-4-3-10(14)7-11(12)13/h3-4,7H,5-6,8-9H2,1-2H3/t13-/m0/s1. The zero-order valence-electron chi connectivity index (χ0n) is 9.83. The molecular weight excluding hydrogens is 220 g/mol. The molecule has 2 heterocycles. The number of fused-ring (bicyclic) bond motifs is 2. The van der Waals surface area contributed by atoms with E-state index in [-0.39, 0.29) is 0 Å². The number of hydrogen-bond acceptors (Lipinski definition) is 2. The van der Waals surface area contributed by atoms with E-state index in [1.54, 1.807) is 0 Å². The fourth-order valence-corrected chi connectivity index (χ4v) is 3.49.